The van der Waals surface area contributed by atoms with Crippen molar-refractivity contribution in [2.75, 3.05) is 6.54 Å². The summed E-state index contributed by atoms with van der Waals surface area (Å²) in [5, 5.41) is 7.43. The number of hydrogen-bond acceptors (Lipinski definition) is 3. The van der Waals surface area contributed by atoms with Crippen LogP contribution in [0.4, 0.5) is 4.79 Å². The van der Waals surface area contributed by atoms with Crippen molar-refractivity contribution in [3.8, 4) is 0 Å². The molecule has 0 unspecified atom stereocenters. The summed E-state index contributed by atoms with van der Waals surface area (Å²) in [6.45, 7) is 2.50. The highest BCUT2D eigenvalue weighted by Crippen LogP contribution is 2.19. The maximum atomic E-state index is 11.6. The first-order valence-corrected chi connectivity index (χ1v) is 7.26. The topological polar surface area (TPSA) is 56.2 Å². The molecule has 0 saturated carbocycles. The lowest BCUT2D eigenvalue weighted by molar-refractivity contribution is 0.141. The standard InChI is InChI=1S/C16H18ClN3O2/c1-12-14(15(17)20(2)19-12)9-6-10-18-16(21)22-11-13-7-4-3-5-8-13/h3-9H,10-11H2,1-2H3,(H,18,21). The van der Waals surface area contributed by atoms with Crippen molar-refractivity contribution in [3.05, 3.63) is 58.4 Å². The van der Waals surface area contributed by atoms with E-state index < -0.39 is 6.09 Å². The van der Waals surface area contributed by atoms with Crippen LogP contribution in [0.15, 0.2) is 36.4 Å². The summed E-state index contributed by atoms with van der Waals surface area (Å²) in [7, 11) is 1.78. The molecule has 0 spiro atoms. The van der Waals surface area contributed by atoms with Gasteiger partial charge in [0.25, 0.3) is 0 Å². The van der Waals surface area contributed by atoms with E-state index in [0.29, 0.717) is 11.7 Å². The summed E-state index contributed by atoms with van der Waals surface area (Å²) < 4.78 is 6.71. The van der Waals surface area contributed by atoms with Gasteiger partial charge in [0.15, 0.2) is 0 Å². The number of carbonyl (C=O) groups excluding carboxylic acids is 1. The summed E-state index contributed by atoms with van der Waals surface area (Å²) in [6, 6.07) is 9.53. The minimum absolute atomic E-state index is 0.254. The van der Waals surface area contributed by atoms with E-state index in [1.165, 1.54) is 0 Å². The fraction of sp³-hybridized carbons (Fsp3) is 0.250. The van der Waals surface area contributed by atoms with Crippen molar-refractivity contribution >= 4 is 23.8 Å². The molecule has 0 saturated heterocycles. The predicted molar refractivity (Wildman–Crippen MR) is 86.6 cm³/mol. The highest BCUT2D eigenvalue weighted by Gasteiger charge is 2.07. The SMILES string of the molecule is Cc1nn(C)c(Cl)c1C=CCNC(=O)OCc1ccccc1. The molecule has 2 aromatic rings. The van der Waals surface area contributed by atoms with Gasteiger partial charge in [-0.25, -0.2) is 4.79 Å². The second kappa shape index (κ2) is 7.66. The maximum Gasteiger partial charge on any atom is 0.407 e. The van der Waals surface area contributed by atoms with Crippen LogP contribution in [-0.2, 0) is 18.4 Å². The van der Waals surface area contributed by atoms with Gasteiger partial charge in [0.05, 0.1) is 5.69 Å². The number of amides is 1. The van der Waals surface area contributed by atoms with Gasteiger partial charge in [-0.05, 0) is 12.5 Å². The Hall–Kier alpha value is -2.27. The average Bonchev–Trinajstić information content (AvgIpc) is 2.76. The zero-order valence-electron chi connectivity index (χ0n) is 12.5. The van der Waals surface area contributed by atoms with Gasteiger partial charge >= 0.3 is 6.09 Å². The van der Waals surface area contributed by atoms with Crippen molar-refractivity contribution < 1.29 is 9.53 Å². The number of benzene rings is 1. The molecule has 22 heavy (non-hydrogen) atoms. The molecule has 1 heterocycles. The Morgan fingerprint density at radius 1 is 1.41 bits per heavy atom. The van der Waals surface area contributed by atoms with Gasteiger partial charge in [-0.1, -0.05) is 54.1 Å². The molecule has 1 amide bonds. The van der Waals surface area contributed by atoms with Crippen LogP contribution in [0.2, 0.25) is 5.15 Å². The molecule has 0 atom stereocenters. The van der Waals surface area contributed by atoms with E-state index >= 15 is 0 Å². The van der Waals surface area contributed by atoms with Crippen molar-refractivity contribution in [2.24, 2.45) is 7.05 Å². The Kier molecular flexibility index (Phi) is 5.61. The van der Waals surface area contributed by atoms with Crippen LogP contribution in [0.25, 0.3) is 6.08 Å². The van der Waals surface area contributed by atoms with Crippen LogP contribution in [0, 0.1) is 6.92 Å². The Morgan fingerprint density at radius 3 is 2.77 bits per heavy atom. The van der Waals surface area contributed by atoms with Gasteiger partial charge in [-0.2, -0.15) is 5.10 Å². The normalized spacial score (nSPS) is 10.9. The molecule has 2 rings (SSSR count). The molecule has 1 aromatic carbocycles. The fourth-order valence-corrected chi connectivity index (χ4v) is 2.17. The molecule has 0 aliphatic carbocycles. The third-order valence-corrected chi connectivity index (χ3v) is 3.51. The average molecular weight is 320 g/mol. The van der Waals surface area contributed by atoms with Crippen molar-refractivity contribution in [1.29, 1.82) is 0 Å². The van der Waals surface area contributed by atoms with E-state index in [4.69, 9.17) is 16.3 Å². The summed E-state index contributed by atoms with van der Waals surface area (Å²) in [5.74, 6) is 0. The maximum absolute atomic E-state index is 11.6. The van der Waals surface area contributed by atoms with E-state index in [0.717, 1.165) is 16.8 Å². The molecule has 0 bridgehead atoms. The summed E-state index contributed by atoms with van der Waals surface area (Å²) >= 11 is 6.11. The molecule has 1 aromatic heterocycles. The number of alkyl carbamates (subject to hydrolysis) is 1. The zero-order chi connectivity index (χ0) is 15.9. The van der Waals surface area contributed by atoms with E-state index in [1.807, 2.05) is 43.3 Å². The van der Waals surface area contributed by atoms with Gasteiger partial charge < -0.3 is 10.1 Å². The summed E-state index contributed by atoms with van der Waals surface area (Å²) in [4.78, 5) is 11.6. The summed E-state index contributed by atoms with van der Waals surface area (Å²) in [5.41, 5.74) is 2.64. The monoisotopic (exact) mass is 319 g/mol. The molecule has 0 radical (unpaired) electrons. The predicted octanol–water partition coefficient (Wildman–Crippen LogP) is 3.32. The van der Waals surface area contributed by atoms with Gasteiger partial charge in [-0.3, -0.25) is 4.68 Å². The first kappa shape index (κ1) is 16.1. The van der Waals surface area contributed by atoms with Crippen molar-refractivity contribution in [3.63, 3.8) is 0 Å². The Morgan fingerprint density at radius 2 is 2.14 bits per heavy atom. The van der Waals surface area contributed by atoms with Gasteiger partial charge in [0.2, 0.25) is 0 Å². The molecule has 0 aliphatic rings. The minimum atomic E-state index is -0.456. The first-order chi connectivity index (χ1) is 10.6. The van der Waals surface area contributed by atoms with E-state index in [9.17, 15) is 4.79 Å². The number of aromatic nitrogens is 2. The molecular formula is C16H18ClN3O2. The molecule has 0 aliphatic heterocycles. The highest BCUT2D eigenvalue weighted by atomic mass is 35.5. The first-order valence-electron chi connectivity index (χ1n) is 6.88. The second-order valence-corrected chi connectivity index (χ2v) is 5.12. The molecule has 5 nitrogen and oxygen atoms in total. The lowest BCUT2D eigenvalue weighted by Gasteiger charge is -2.05. The van der Waals surface area contributed by atoms with Crippen LogP contribution in [-0.4, -0.2) is 22.4 Å². The number of ether oxygens (including phenoxy) is 1. The number of hydrogen-bond donors (Lipinski definition) is 1. The smallest absolute Gasteiger partial charge is 0.407 e. The van der Waals surface area contributed by atoms with Crippen LogP contribution < -0.4 is 5.32 Å². The van der Waals surface area contributed by atoms with Gasteiger partial charge in [0, 0.05) is 19.2 Å². The Balaban J connectivity index is 1.76. The number of halogens is 1. The summed E-state index contributed by atoms with van der Waals surface area (Å²) in [6.07, 6.45) is 3.18. The van der Waals surface area contributed by atoms with Crippen LogP contribution in [0.5, 0.6) is 0 Å². The number of carbonyl (C=O) groups is 1. The quantitative estimate of drug-likeness (QED) is 0.919. The second-order valence-electron chi connectivity index (χ2n) is 4.76. The van der Waals surface area contributed by atoms with E-state index in [1.54, 1.807) is 17.8 Å². The highest BCUT2D eigenvalue weighted by molar-refractivity contribution is 6.31. The molecule has 6 heteroatoms. The molecule has 116 valence electrons. The third-order valence-electron chi connectivity index (χ3n) is 3.06. The van der Waals surface area contributed by atoms with Crippen molar-refractivity contribution in [2.45, 2.75) is 13.5 Å². The Labute approximate surface area is 134 Å². The van der Waals surface area contributed by atoms with Crippen LogP contribution in [0.1, 0.15) is 16.8 Å². The van der Waals surface area contributed by atoms with Gasteiger partial charge in [0.1, 0.15) is 11.8 Å². The lowest BCUT2D eigenvalue weighted by atomic mass is 10.2. The largest absolute Gasteiger partial charge is 0.445 e. The van der Waals surface area contributed by atoms with Gasteiger partial charge in [-0.15, -0.1) is 0 Å². The lowest BCUT2D eigenvalue weighted by Crippen LogP contribution is -2.24. The minimum Gasteiger partial charge on any atom is -0.445 e. The van der Waals surface area contributed by atoms with E-state index in [2.05, 4.69) is 10.4 Å². The zero-order valence-corrected chi connectivity index (χ0v) is 13.3. The third kappa shape index (κ3) is 4.36. The van der Waals surface area contributed by atoms with Crippen LogP contribution in [0.3, 0.4) is 0 Å². The van der Waals surface area contributed by atoms with Crippen molar-refractivity contribution in [1.82, 2.24) is 15.1 Å². The number of nitrogens with one attached hydrogen (secondary N) is 1. The molecular weight excluding hydrogens is 302 g/mol. The molecule has 0 fully saturated rings. The number of nitrogens with zero attached hydrogens (tertiary/aromatic N) is 2. The molecule has 1 N–H and O–H groups in total. The number of aryl methyl sites for hydroxylation is 2. The Bertz CT molecular complexity index is 666. The van der Waals surface area contributed by atoms with Crippen LogP contribution >= 0.6 is 11.6 Å². The number of rotatable bonds is 5. The van der Waals surface area contributed by atoms with E-state index in [-0.39, 0.29) is 6.61 Å². The fourth-order valence-electron chi connectivity index (χ4n) is 1.93.